The van der Waals surface area contributed by atoms with Crippen LogP contribution in [0.3, 0.4) is 0 Å². The fourth-order valence-electron chi connectivity index (χ4n) is 13.3. The lowest BCUT2D eigenvalue weighted by Gasteiger charge is -2.35. The van der Waals surface area contributed by atoms with Gasteiger partial charge in [0.1, 0.15) is 0 Å². The highest BCUT2D eigenvalue weighted by molar-refractivity contribution is 6.24. The van der Waals surface area contributed by atoms with Gasteiger partial charge in [-0.15, -0.1) is 0 Å². The zero-order valence-corrected chi connectivity index (χ0v) is 71.7. The Morgan fingerprint density at radius 3 is 0.317 bits per heavy atom. The van der Waals surface area contributed by atoms with E-state index in [1.807, 2.05) is 0 Å². The fraction of sp³-hybridized carbons (Fsp3) is 0. The lowest BCUT2D eigenvalue weighted by atomic mass is 9.85. The molecule has 0 aliphatic carbocycles. The molecule has 0 saturated carbocycles. The molecule has 0 fully saturated rings. The highest BCUT2D eigenvalue weighted by Crippen LogP contribution is 2.43. The third-order valence-corrected chi connectivity index (χ3v) is 19.9. The van der Waals surface area contributed by atoms with Gasteiger partial charge in [0.15, 0.2) is 186 Å². The highest BCUT2D eigenvalue weighted by atomic mass is 19.2. The van der Waals surface area contributed by atoms with Crippen molar-refractivity contribution in [3.05, 3.63) is 574 Å². The van der Waals surface area contributed by atoms with Crippen LogP contribution in [0.2, 0.25) is 0 Å². The number of benzene rings is 17. The molecule has 145 heavy (non-hydrogen) atoms. The first-order valence-electron chi connectivity index (χ1n) is 40.3. The van der Waals surface area contributed by atoms with Gasteiger partial charge in [-0.2, -0.15) is 0 Å². The Morgan fingerprint density at radius 1 is 0.124 bits per heavy atom. The van der Waals surface area contributed by atoms with E-state index in [4.69, 9.17) is 15.1 Å². The Labute approximate surface area is 796 Å². The van der Waals surface area contributed by atoms with Crippen LogP contribution in [-0.2, 0) is 0 Å². The molecule has 0 unspecified atom stereocenters. The summed E-state index contributed by atoms with van der Waals surface area (Å²) in [6, 6.07) is 94.0. The third kappa shape index (κ3) is 25.1. The maximum Gasteiger partial charge on any atom is 0.200 e. The van der Waals surface area contributed by atoms with Gasteiger partial charge in [0.05, 0.1) is 90.1 Å². The molecule has 0 radical (unpaired) electrons. The quantitative estimate of drug-likeness (QED) is 0.0288. The normalized spacial score (nSPS) is 10.6. The first-order chi connectivity index (χ1) is 68.8. The van der Waals surface area contributed by atoms with E-state index in [1.165, 1.54) is 67.8 Å². The van der Waals surface area contributed by atoms with E-state index in [9.17, 15) is 158 Å². The second-order valence-corrected chi connectivity index (χ2v) is 28.9. The summed E-state index contributed by atoms with van der Waals surface area (Å²) >= 11 is 0. The fourth-order valence-corrected chi connectivity index (χ4v) is 13.3. The maximum atomic E-state index is 13.4. The van der Waals surface area contributed by atoms with Crippen molar-refractivity contribution in [2.45, 2.75) is 0 Å². The van der Waals surface area contributed by atoms with Gasteiger partial charge in [-0.05, 0) is 243 Å². The molecule has 742 valence electrons. The highest BCUT2D eigenvalue weighted by Gasteiger charge is 2.37. The molecule has 0 aromatic heterocycles. The third-order valence-electron chi connectivity index (χ3n) is 19.9. The van der Waals surface area contributed by atoms with Crippen molar-refractivity contribution in [2.75, 3.05) is 0 Å². The second kappa shape index (κ2) is 49.5. The van der Waals surface area contributed by atoms with E-state index in [0.717, 1.165) is 0 Å². The SMILES string of the molecule is Fc1cc(-c2c(F)c(F)c(F)c(F)c2F)c(F)c(F)c1F.Fc1cc(-c2c(F)c(F)c(F)c(F)c2F)c(F)c(F)c1F.Fc1cc(-c2c(F)c(F)c(F)c(F)c2F)c(F)c(F)c1F.Fc1cc(-c2c(F)c(F)c(F)c(F)c2F)c(F)c(F)c1F.[O-]B([O-])[O-].c1ccc([C+](c2ccccc2)c2ccccc2)cc1.c1ccc([C+](c2ccccc2)c2ccccc2)cc1.c1ccc([C+](c2ccccc2)c2ccccc2)cc1. The Balaban J connectivity index is 0.000000172. The van der Waals surface area contributed by atoms with Crippen molar-refractivity contribution in [2.24, 2.45) is 0 Å². The molecule has 0 atom stereocenters. The Bertz CT molecular complexity index is 6210. The molecule has 17 aromatic carbocycles. The molecule has 0 bridgehead atoms. The molecular formula is C105H49BF36O3. The standard InChI is InChI=1S/3C19H15.4C12HF9.BO3/c3*1-4-10-16(11-5-1)19(17-12-6-2-7-13-17)18-14-8-3-9-15-18;4*13-3-1-2(5(14)9(18)6(3)15)4-7(16)10(19)12(21)11(20)8(4)17;2-1(3)4/h3*1-15H;4*1H;/q3*+1;;;;;-3. The topological polar surface area (TPSA) is 69.2 Å². The van der Waals surface area contributed by atoms with Gasteiger partial charge < -0.3 is 15.1 Å². The molecule has 0 N–H and O–H groups in total. The van der Waals surface area contributed by atoms with Crippen molar-refractivity contribution in [3.8, 4) is 44.5 Å². The van der Waals surface area contributed by atoms with Crippen molar-refractivity contribution >= 4 is 7.32 Å². The lowest BCUT2D eigenvalue weighted by molar-refractivity contribution is -0.479. The number of rotatable bonds is 13. The van der Waals surface area contributed by atoms with Gasteiger partial charge >= 0.3 is 0 Å². The van der Waals surface area contributed by atoms with Crippen LogP contribution in [0.5, 0.6) is 0 Å². The van der Waals surface area contributed by atoms with Gasteiger partial charge in [0.2, 0.25) is 23.3 Å². The Hall–Kier alpha value is -16.2. The maximum absolute atomic E-state index is 13.4. The second-order valence-electron chi connectivity index (χ2n) is 28.9. The molecule has 0 spiro atoms. The van der Waals surface area contributed by atoms with Crippen LogP contribution in [-0.4, -0.2) is 7.32 Å². The predicted octanol–water partition coefficient (Wildman–Crippen LogP) is 28.6. The largest absolute Gasteiger partial charge is 0.907 e. The van der Waals surface area contributed by atoms with Gasteiger partial charge in [-0.25, -0.2) is 158 Å². The molecular weight excluding hydrogens is 2000 g/mol. The van der Waals surface area contributed by atoms with E-state index in [-0.39, 0.29) is 24.3 Å². The lowest BCUT2D eigenvalue weighted by Crippen LogP contribution is -2.56. The van der Waals surface area contributed by atoms with Crippen LogP contribution < -0.4 is 15.1 Å². The summed E-state index contributed by atoms with van der Waals surface area (Å²) in [5.74, 6) is -82.2. The van der Waals surface area contributed by atoms with Crippen LogP contribution in [0.15, 0.2) is 297 Å². The molecule has 17 aromatic rings. The summed E-state index contributed by atoms with van der Waals surface area (Å²) in [6.07, 6.45) is 0. The van der Waals surface area contributed by atoms with Crippen LogP contribution >= 0.6 is 0 Å². The Morgan fingerprint density at radius 2 is 0.214 bits per heavy atom. The van der Waals surface area contributed by atoms with Crippen LogP contribution in [0.25, 0.3) is 44.5 Å². The van der Waals surface area contributed by atoms with Crippen LogP contribution in [0.1, 0.15) is 50.1 Å². The number of halogens is 36. The molecule has 0 heterocycles. The summed E-state index contributed by atoms with van der Waals surface area (Å²) in [6.45, 7) is 0. The van der Waals surface area contributed by atoms with Crippen LogP contribution in [0.4, 0.5) is 158 Å². The molecule has 0 aliphatic heterocycles. The van der Waals surface area contributed by atoms with E-state index < -0.39 is 261 Å². The summed E-state index contributed by atoms with van der Waals surface area (Å²) < 4.78 is 470. The van der Waals surface area contributed by atoms with E-state index >= 15 is 0 Å². The summed E-state index contributed by atoms with van der Waals surface area (Å²) in [7, 11) is -2.92. The summed E-state index contributed by atoms with van der Waals surface area (Å²) in [4.78, 5) is 0. The molecule has 0 saturated heterocycles. The predicted molar refractivity (Wildman–Crippen MR) is 451 cm³/mol. The molecule has 17 rings (SSSR count). The molecule has 40 heteroatoms. The smallest absolute Gasteiger partial charge is 0.200 e. The average molecular weight is 2050 g/mol. The van der Waals surface area contributed by atoms with Crippen LogP contribution in [0, 0.1) is 227 Å². The van der Waals surface area contributed by atoms with Crippen molar-refractivity contribution in [1.82, 2.24) is 0 Å². The average Bonchev–Trinajstić information content (AvgIpc) is 0.770. The van der Waals surface area contributed by atoms with E-state index in [0.29, 0.717) is 0 Å². The van der Waals surface area contributed by atoms with Crippen molar-refractivity contribution < 1.29 is 173 Å². The minimum absolute atomic E-state index is 0.216. The van der Waals surface area contributed by atoms with Gasteiger partial charge in [-0.3, -0.25) is 7.32 Å². The zero-order valence-electron chi connectivity index (χ0n) is 71.7. The molecule has 0 aliphatic rings. The monoisotopic (exact) mass is 2050 g/mol. The summed E-state index contributed by atoms with van der Waals surface area (Å²) in [5.41, 5.74) is -2.91. The van der Waals surface area contributed by atoms with Gasteiger partial charge in [-0.1, -0.05) is 54.6 Å². The number of hydrogen-bond acceptors (Lipinski definition) is 3. The first kappa shape index (κ1) is 111. The van der Waals surface area contributed by atoms with Gasteiger partial charge in [0, 0.05) is 22.3 Å². The van der Waals surface area contributed by atoms with Gasteiger partial charge in [0.25, 0.3) is 0 Å². The number of hydrogen-bond donors (Lipinski definition) is 0. The minimum atomic E-state index is -2.92. The van der Waals surface area contributed by atoms with Crippen molar-refractivity contribution in [1.29, 1.82) is 0 Å². The van der Waals surface area contributed by atoms with E-state index in [1.54, 1.807) is 0 Å². The zero-order chi connectivity index (χ0) is 107. The minimum Gasteiger partial charge on any atom is -0.907 e. The summed E-state index contributed by atoms with van der Waals surface area (Å²) in [5, 5.41) is 25.2. The molecule has 3 nitrogen and oxygen atoms in total. The Kier molecular flexibility index (Phi) is 37.8. The molecule has 0 amide bonds. The van der Waals surface area contributed by atoms with E-state index in [2.05, 4.69) is 273 Å². The first-order valence-corrected chi connectivity index (χ1v) is 40.3. The van der Waals surface area contributed by atoms with Crippen molar-refractivity contribution in [3.63, 3.8) is 0 Å².